The predicted octanol–water partition coefficient (Wildman–Crippen LogP) is 3.71. The predicted molar refractivity (Wildman–Crippen MR) is 150 cm³/mol. The van der Waals surface area contributed by atoms with E-state index in [1.165, 1.54) is 25.7 Å². The lowest BCUT2D eigenvalue weighted by Gasteiger charge is -2.34. The van der Waals surface area contributed by atoms with Gasteiger partial charge in [-0.3, -0.25) is 9.91 Å². The van der Waals surface area contributed by atoms with Crippen LogP contribution in [0.2, 0.25) is 5.02 Å². The van der Waals surface area contributed by atoms with Gasteiger partial charge in [0.15, 0.2) is 0 Å². The van der Waals surface area contributed by atoms with Crippen LogP contribution in [0.1, 0.15) is 53.6 Å². The van der Waals surface area contributed by atoms with Crippen molar-refractivity contribution in [2.45, 2.75) is 44.6 Å². The molecular weight excluding hydrogens is 504 g/mol. The number of carbonyl (C=O) groups is 1. The highest BCUT2D eigenvalue weighted by molar-refractivity contribution is 6.33. The number of anilines is 2. The second-order valence-corrected chi connectivity index (χ2v) is 10.9. The first kappa shape index (κ1) is 26.9. The zero-order valence-electron chi connectivity index (χ0n) is 21.7. The summed E-state index contributed by atoms with van der Waals surface area (Å²) < 4.78 is 5.50. The van der Waals surface area contributed by atoms with Crippen LogP contribution in [0.3, 0.4) is 0 Å². The van der Waals surface area contributed by atoms with Gasteiger partial charge in [-0.15, -0.1) is 0 Å². The summed E-state index contributed by atoms with van der Waals surface area (Å²) in [5.74, 6) is 0.562. The minimum atomic E-state index is -0.363. The molecule has 9 heteroatoms. The first-order valence-electron chi connectivity index (χ1n) is 13.7. The molecule has 2 unspecified atom stereocenters. The number of aliphatic hydroxyl groups is 2. The number of nitrogens with zero attached hydrogens (tertiary/aromatic N) is 3. The van der Waals surface area contributed by atoms with Crippen LogP contribution in [0, 0.1) is 11.8 Å². The number of halogens is 1. The van der Waals surface area contributed by atoms with E-state index in [4.69, 9.17) is 37.4 Å². The zero-order chi connectivity index (χ0) is 26.6. The van der Waals surface area contributed by atoms with Gasteiger partial charge in [0.05, 0.1) is 46.9 Å². The summed E-state index contributed by atoms with van der Waals surface area (Å²) in [5.41, 5.74) is 11.4. The Morgan fingerprint density at radius 1 is 1.08 bits per heavy atom. The van der Waals surface area contributed by atoms with Crippen LogP contribution in [0.25, 0.3) is 0 Å². The summed E-state index contributed by atoms with van der Waals surface area (Å²) in [6.07, 6.45) is 6.84. The molecule has 8 nitrogen and oxygen atoms in total. The maximum absolute atomic E-state index is 12.8. The Morgan fingerprint density at radius 2 is 1.84 bits per heavy atom. The summed E-state index contributed by atoms with van der Waals surface area (Å²) in [6, 6.07) is 11.9. The Balaban J connectivity index is 1.35. The molecule has 5 rings (SSSR count). The number of hydrogen-bond donors (Lipinski definition) is 3. The number of hydrazone groups is 1. The molecule has 0 amide bonds. The maximum Gasteiger partial charge on any atom is 0.338 e. The number of esters is 1. The van der Waals surface area contributed by atoms with Crippen molar-refractivity contribution in [3.8, 4) is 0 Å². The van der Waals surface area contributed by atoms with E-state index in [1.807, 2.05) is 41.3 Å². The van der Waals surface area contributed by atoms with Gasteiger partial charge in [0.1, 0.15) is 6.61 Å². The van der Waals surface area contributed by atoms with Gasteiger partial charge in [0.2, 0.25) is 0 Å². The Bertz CT molecular complexity index is 1180. The molecular formula is C29H37ClN4O4. The van der Waals surface area contributed by atoms with Gasteiger partial charge < -0.3 is 20.7 Å². The molecule has 3 aliphatic rings. The van der Waals surface area contributed by atoms with Gasteiger partial charge in [-0.05, 0) is 67.5 Å². The van der Waals surface area contributed by atoms with E-state index in [2.05, 4.69) is 5.01 Å². The molecule has 0 spiro atoms. The maximum atomic E-state index is 12.8. The molecule has 0 saturated heterocycles. The second-order valence-electron chi connectivity index (χ2n) is 10.5. The molecule has 2 aromatic carbocycles. The SMILES string of the molecule is Nc1ccc(N2N=C3c4ccc(C(=O)OCCN(CCO)CCO)cc4CCC3C2C2CCCC2)cc1Cl. The fourth-order valence-corrected chi connectivity index (χ4v) is 6.50. The molecule has 1 heterocycles. The number of hydrogen-bond acceptors (Lipinski definition) is 8. The average Bonchev–Trinajstić information content (AvgIpc) is 3.58. The van der Waals surface area contributed by atoms with Gasteiger partial charge in [0, 0.05) is 31.1 Å². The number of aliphatic hydroxyl groups excluding tert-OH is 2. The third-order valence-corrected chi connectivity index (χ3v) is 8.53. The number of rotatable bonds is 10. The number of nitrogen functional groups attached to an aromatic ring is 1. The van der Waals surface area contributed by atoms with E-state index in [9.17, 15) is 4.79 Å². The summed E-state index contributed by atoms with van der Waals surface area (Å²) in [4.78, 5) is 14.6. The molecule has 0 radical (unpaired) electrons. The topological polar surface area (TPSA) is 112 Å². The summed E-state index contributed by atoms with van der Waals surface area (Å²) >= 11 is 6.40. The summed E-state index contributed by atoms with van der Waals surface area (Å²) in [6.45, 7) is 1.52. The molecule has 204 valence electrons. The molecule has 1 aliphatic heterocycles. The first-order chi connectivity index (χ1) is 18.5. The van der Waals surface area contributed by atoms with E-state index >= 15 is 0 Å². The third-order valence-electron chi connectivity index (χ3n) is 8.21. The van der Waals surface area contributed by atoms with E-state index in [0.717, 1.165) is 35.4 Å². The van der Waals surface area contributed by atoms with Crippen LogP contribution in [-0.4, -0.2) is 72.3 Å². The first-order valence-corrected chi connectivity index (χ1v) is 14.0. The lowest BCUT2D eigenvalue weighted by Crippen LogP contribution is -2.40. The molecule has 1 fully saturated rings. The fourth-order valence-electron chi connectivity index (χ4n) is 6.32. The van der Waals surface area contributed by atoms with Crippen molar-refractivity contribution >= 4 is 34.7 Å². The standard InChI is InChI=1S/C29H37ClN4O4/c30-25-18-22(7-10-26(25)31)34-28(19-3-1-2-4-19)24-9-5-20-17-21(6-8-23(20)27(24)32-34)29(37)38-16-13-33(11-14-35)12-15-36/h6-8,10,17-19,24,28,35-36H,1-5,9,11-16,31H2. The molecule has 4 N–H and O–H groups in total. The minimum Gasteiger partial charge on any atom is -0.461 e. The van der Waals surface area contributed by atoms with Crippen LogP contribution in [0.4, 0.5) is 11.4 Å². The minimum absolute atomic E-state index is 0.00590. The third kappa shape index (κ3) is 5.54. The fraction of sp³-hybridized carbons (Fsp3) is 0.517. The lowest BCUT2D eigenvalue weighted by molar-refractivity contribution is 0.0443. The monoisotopic (exact) mass is 540 g/mol. The van der Waals surface area contributed by atoms with E-state index < -0.39 is 0 Å². The van der Waals surface area contributed by atoms with Gasteiger partial charge in [-0.25, -0.2) is 4.79 Å². The van der Waals surface area contributed by atoms with Gasteiger partial charge in [-0.1, -0.05) is 30.5 Å². The molecule has 2 aliphatic carbocycles. The molecule has 1 saturated carbocycles. The molecule has 0 bridgehead atoms. The summed E-state index contributed by atoms with van der Waals surface area (Å²) in [5, 5.41) is 26.2. The van der Waals surface area contributed by atoms with Crippen LogP contribution in [0.15, 0.2) is 41.5 Å². The van der Waals surface area contributed by atoms with Crippen molar-refractivity contribution in [2.75, 3.05) is 50.2 Å². The highest BCUT2D eigenvalue weighted by Crippen LogP contribution is 2.45. The number of fused-ring (bicyclic) bond motifs is 3. The van der Waals surface area contributed by atoms with Crippen LogP contribution >= 0.6 is 11.6 Å². The van der Waals surface area contributed by atoms with Crippen LogP contribution in [-0.2, 0) is 11.2 Å². The smallest absolute Gasteiger partial charge is 0.338 e. The Kier molecular flexibility index (Phi) is 8.53. The van der Waals surface area contributed by atoms with Crippen molar-refractivity contribution in [2.24, 2.45) is 16.9 Å². The number of benzene rings is 2. The van der Waals surface area contributed by atoms with Crippen molar-refractivity contribution < 1.29 is 19.7 Å². The molecule has 38 heavy (non-hydrogen) atoms. The van der Waals surface area contributed by atoms with Gasteiger partial charge in [-0.2, -0.15) is 5.10 Å². The number of nitrogens with two attached hydrogens (primary N) is 1. The number of ether oxygens (including phenoxy) is 1. The van der Waals surface area contributed by atoms with E-state index in [-0.39, 0.29) is 25.8 Å². The number of aryl methyl sites for hydroxylation is 1. The van der Waals surface area contributed by atoms with E-state index in [0.29, 0.717) is 53.8 Å². The zero-order valence-corrected chi connectivity index (χ0v) is 22.4. The second kappa shape index (κ2) is 12.0. The van der Waals surface area contributed by atoms with Crippen molar-refractivity contribution in [1.29, 1.82) is 0 Å². The van der Waals surface area contributed by atoms with Crippen molar-refractivity contribution in [3.63, 3.8) is 0 Å². The van der Waals surface area contributed by atoms with Gasteiger partial charge in [0.25, 0.3) is 0 Å². The lowest BCUT2D eigenvalue weighted by atomic mass is 9.75. The Labute approximate surface area is 229 Å². The molecule has 2 atom stereocenters. The Morgan fingerprint density at radius 3 is 2.55 bits per heavy atom. The van der Waals surface area contributed by atoms with Crippen molar-refractivity contribution in [3.05, 3.63) is 58.1 Å². The van der Waals surface area contributed by atoms with Crippen molar-refractivity contribution in [1.82, 2.24) is 4.90 Å². The van der Waals surface area contributed by atoms with E-state index in [1.54, 1.807) is 0 Å². The molecule has 2 aromatic rings. The summed E-state index contributed by atoms with van der Waals surface area (Å²) in [7, 11) is 0. The van der Waals surface area contributed by atoms with Gasteiger partial charge >= 0.3 is 5.97 Å². The normalized spacial score (nSPS) is 20.9. The van der Waals surface area contributed by atoms with Crippen LogP contribution in [0.5, 0.6) is 0 Å². The highest BCUT2D eigenvalue weighted by atomic mass is 35.5. The highest BCUT2D eigenvalue weighted by Gasteiger charge is 2.45. The average molecular weight is 541 g/mol. The van der Waals surface area contributed by atoms with Crippen LogP contribution < -0.4 is 10.7 Å². The quantitative estimate of drug-likeness (QED) is 0.311. The number of carbonyl (C=O) groups excluding carboxylic acids is 1. The largest absolute Gasteiger partial charge is 0.461 e. The molecule has 0 aromatic heterocycles. The Hall–Kier alpha value is -2.65.